The van der Waals surface area contributed by atoms with Crippen LogP contribution in [0, 0.1) is 11.8 Å². The molecule has 1 saturated carbocycles. The Bertz CT molecular complexity index is 434. The lowest BCUT2D eigenvalue weighted by atomic mass is 10.00. The van der Waals surface area contributed by atoms with Gasteiger partial charge >= 0.3 is 0 Å². The number of nitrogens with one attached hydrogen (secondary N) is 2. The smallest absolute Gasteiger partial charge is 0.223 e. The molecule has 1 unspecified atom stereocenters. The highest BCUT2D eigenvalue weighted by Crippen LogP contribution is 2.28. The lowest BCUT2D eigenvalue weighted by Crippen LogP contribution is -2.43. The maximum Gasteiger partial charge on any atom is 0.223 e. The van der Waals surface area contributed by atoms with E-state index in [2.05, 4.69) is 10.6 Å². The normalized spacial score (nSPS) is 24.6. The molecule has 0 aromatic rings. The predicted molar refractivity (Wildman–Crippen MR) is 77.7 cm³/mol. The van der Waals surface area contributed by atoms with Gasteiger partial charge in [0.05, 0.1) is 6.26 Å². The van der Waals surface area contributed by atoms with Crippen LogP contribution in [0.4, 0.5) is 0 Å². The van der Waals surface area contributed by atoms with Gasteiger partial charge in [0.25, 0.3) is 0 Å². The number of carbonyl (C=O) groups is 1. The topological polar surface area (TPSA) is 78.5 Å². The summed E-state index contributed by atoms with van der Waals surface area (Å²) < 4.78 is 24.6. The lowest BCUT2D eigenvalue weighted by Gasteiger charge is -2.31. The molecule has 1 aliphatic carbocycles. The van der Waals surface area contributed by atoms with Crippen molar-refractivity contribution < 1.29 is 13.2 Å². The Kier molecular flexibility index (Phi) is 5.40. The van der Waals surface area contributed by atoms with Crippen molar-refractivity contribution in [3.05, 3.63) is 0 Å². The van der Waals surface area contributed by atoms with Gasteiger partial charge in [-0.2, -0.15) is 0 Å². The molecule has 2 fully saturated rings. The molecular weight excluding hydrogens is 278 g/mol. The summed E-state index contributed by atoms with van der Waals surface area (Å²) in [5.74, 6) is 0.807. The summed E-state index contributed by atoms with van der Waals surface area (Å²) in [7, 11) is -3.06. The second-order valence-electron chi connectivity index (χ2n) is 5.90. The van der Waals surface area contributed by atoms with Crippen molar-refractivity contribution in [3.63, 3.8) is 0 Å². The van der Waals surface area contributed by atoms with Gasteiger partial charge < -0.3 is 10.6 Å². The van der Waals surface area contributed by atoms with Crippen LogP contribution < -0.4 is 10.6 Å². The SMILES string of the molecule is CS(=O)(=O)N1CCCC(CNCCNC(=O)C2CC2)C1. The Hall–Kier alpha value is -0.660. The number of amides is 1. The summed E-state index contributed by atoms with van der Waals surface area (Å²) in [6, 6.07) is 0. The molecule has 1 saturated heterocycles. The van der Waals surface area contributed by atoms with E-state index in [1.165, 1.54) is 6.26 Å². The summed E-state index contributed by atoms with van der Waals surface area (Å²) in [5.41, 5.74) is 0. The Morgan fingerprint density at radius 3 is 2.65 bits per heavy atom. The van der Waals surface area contributed by atoms with Crippen LogP contribution in [0.2, 0.25) is 0 Å². The van der Waals surface area contributed by atoms with Crippen LogP contribution >= 0.6 is 0 Å². The average molecular weight is 303 g/mol. The van der Waals surface area contributed by atoms with Crippen molar-refractivity contribution in [1.29, 1.82) is 0 Å². The third kappa shape index (κ3) is 5.03. The van der Waals surface area contributed by atoms with Gasteiger partial charge in [0, 0.05) is 32.1 Å². The number of carbonyl (C=O) groups excluding carboxylic acids is 1. The zero-order valence-electron chi connectivity index (χ0n) is 12.1. The van der Waals surface area contributed by atoms with Gasteiger partial charge in [0.1, 0.15) is 0 Å². The molecule has 1 aliphatic heterocycles. The van der Waals surface area contributed by atoms with Crippen LogP contribution in [0.15, 0.2) is 0 Å². The summed E-state index contributed by atoms with van der Waals surface area (Å²) in [5, 5.41) is 6.21. The monoisotopic (exact) mass is 303 g/mol. The van der Waals surface area contributed by atoms with Crippen molar-refractivity contribution in [2.45, 2.75) is 25.7 Å². The molecule has 1 amide bonds. The average Bonchev–Trinajstić information content (AvgIpc) is 3.22. The van der Waals surface area contributed by atoms with Gasteiger partial charge in [0.15, 0.2) is 0 Å². The first kappa shape index (κ1) is 15.7. The number of hydrogen-bond donors (Lipinski definition) is 2. The van der Waals surface area contributed by atoms with Gasteiger partial charge in [-0.25, -0.2) is 12.7 Å². The molecule has 0 radical (unpaired) electrons. The molecule has 6 nitrogen and oxygen atoms in total. The number of rotatable bonds is 7. The zero-order valence-corrected chi connectivity index (χ0v) is 12.9. The van der Waals surface area contributed by atoms with Crippen molar-refractivity contribution in [1.82, 2.24) is 14.9 Å². The van der Waals surface area contributed by atoms with Gasteiger partial charge in [-0.05, 0) is 38.1 Å². The highest BCUT2D eigenvalue weighted by atomic mass is 32.2. The first-order valence-electron chi connectivity index (χ1n) is 7.40. The quantitative estimate of drug-likeness (QED) is 0.637. The van der Waals surface area contributed by atoms with Crippen molar-refractivity contribution in [2.24, 2.45) is 11.8 Å². The van der Waals surface area contributed by atoms with Crippen LogP contribution in [0.1, 0.15) is 25.7 Å². The maximum absolute atomic E-state index is 11.5. The third-order valence-corrected chi connectivity index (χ3v) is 5.20. The molecule has 20 heavy (non-hydrogen) atoms. The molecular formula is C13H25N3O3S. The van der Waals surface area contributed by atoms with Gasteiger partial charge in [-0.15, -0.1) is 0 Å². The van der Waals surface area contributed by atoms with Gasteiger partial charge in [-0.1, -0.05) is 0 Å². The van der Waals surface area contributed by atoms with E-state index in [0.29, 0.717) is 25.6 Å². The Morgan fingerprint density at radius 2 is 2.00 bits per heavy atom. The number of piperidine rings is 1. The summed E-state index contributed by atoms with van der Waals surface area (Å²) in [6.07, 6.45) is 5.33. The first-order valence-corrected chi connectivity index (χ1v) is 9.25. The zero-order chi connectivity index (χ0) is 14.6. The Balaban J connectivity index is 1.58. The minimum absolute atomic E-state index is 0.174. The van der Waals surface area contributed by atoms with E-state index in [0.717, 1.165) is 38.8 Å². The minimum atomic E-state index is -3.06. The van der Waals surface area contributed by atoms with E-state index in [-0.39, 0.29) is 11.8 Å². The standard InChI is InChI=1S/C13H25N3O3S/c1-20(18,19)16-8-2-3-11(10-16)9-14-6-7-15-13(17)12-4-5-12/h11-12,14H,2-10H2,1H3,(H,15,17). The van der Waals surface area contributed by atoms with Crippen molar-refractivity contribution in [2.75, 3.05) is 39.0 Å². The predicted octanol–water partition coefficient (Wildman–Crippen LogP) is -0.226. The Morgan fingerprint density at radius 1 is 1.25 bits per heavy atom. The molecule has 0 aromatic heterocycles. The van der Waals surface area contributed by atoms with E-state index in [1.54, 1.807) is 4.31 Å². The van der Waals surface area contributed by atoms with Crippen LogP contribution in [0.3, 0.4) is 0 Å². The van der Waals surface area contributed by atoms with E-state index in [4.69, 9.17) is 0 Å². The molecule has 7 heteroatoms. The summed E-state index contributed by atoms with van der Waals surface area (Å²) >= 11 is 0. The van der Waals surface area contributed by atoms with Gasteiger partial charge in [0.2, 0.25) is 15.9 Å². The fourth-order valence-electron chi connectivity index (χ4n) is 2.56. The molecule has 0 bridgehead atoms. The van der Waals surface area contributed by atoms with Crippen LogP contribution in [0.5, 0.6) is 0 Å². The van der Waals surface area contributed by atoms with Crippen molar-refractivity contribution >= 4 is 15.9 Å². The minimum Gasteiger partial charge on any atom is -0.355 e. The fourth-order valence-corrected chi connectivity index (χ4v) is 3.51. The maximum atomic E-state index is 11.5. The van der Waals surface area contributed by atoms with E-state index in [1.807, 2.05) is 0 Å². The molecule has 0 spiro atoms. The fraction of sp³-hybridized carbons (Fsp3) is 0.923. The molecule has 1 atom stereocenters. The van der Waals surface area contributed by atoms with Crippen molar-refractivity contribution in [3.8, 4) is 0 Å². The van der Waals surface area contributed by atoms with Crippen LogP contribution in [-0.2, 0) is 14.8 Å². The molecule has 2 rings (SSSR count). The van der Waals surface area contributed by atoms with E-state index >= 15 is 0 Å². The third-order valence-electron chi connectivity index (χ3n) is 3.93. The van der Waals surface area contributed by atoms with E-state index in [9.17, 15) is 13.2 Å². The summed E-state index contributed by atoms with van der Waals surface area (Å²) in [4.78, 5) is 11.4. The molecule has 116 valence electrons. The highest BCUT2D eigenvalue weighted by molar-refractivity contribution is 7.88. The molecule has 2 N–H and O–H groups in total. The second-order valence-corrected chi connectivity index (χ2v) is 7.88. The molecule has 1 heterocycles. The Labute approximate surface area is 121 Å². The van der Waals surface area contributed by atoms with Crippen LogP contribution in [0.25, 0.3) is 0 Å². The molecule has 0 aromatic carbocycles. The van der Waals surface area contributed by atoms with Gasteiger partial charge in [-0.3, -0.25) is 4.79 Å². The number of hydrogen-bond acceptors (Lipinski definition) is 4. The second kappa shape index (κ2) is 6.87. The largest absolute Gasteiger partial charge is 0.355 e. The first-order chi connectivity index (χ1) is 9.47. The molecule has 2 aliphatic rings. The van der Waals surface area contributed by atoms with Crippen LogP contribution in [-0.4, -0.2) is 57.6 Å². The number of nitrogens with zero attached hydrogens (tertiary/aromatic N) is 1. The summed E-state index contributed by atoms with van der Waals surface area (Å²) in [6.45, 7) is 3.46. The van der Waals surface area contributed by atoms with E-state index < -0.39 is 10.0 Å². The highest BCUT2D eigenvalue weighted by Gasteiger charge is 2.29. The lowest BCUT2D eigenvalue weighted by molar-refractivity contribution is -0.122. The number of sulfonamides is 1.